The van der Waals surface area contributed by atoms with Crippen LogP contribution < -0.4 is 10.6 Å². The van der Waals surface area contributed by atoms with Gasteiger partial charge in [0.25, 0.3) is 5.91 Å². The lowest BCUT2D eigenvalue weighted by molar-refractivity contribution is -0.125. The minimum absolute atomic E-state index is 0.00906. The quantitative estimate of drug-likeness (QED) is 0.743. The largest absolute Gasteiger partial charge is 0.352 e. The number of amides is 2. The van der Waals surface area contributed by atoms with E-state index in [1.807, 2.05) is 63.6 Å². The Hall–Kier alpha value is -2.37. The predicted octanol–water partition coefficient (Wildman–Crippen LogP) is 4.29. The highest BCUT2D eigenvalue weighted by Gasteiger charge is 2.34. The fraction of sp³-hybridized carbons (Fsp3) is 0.625. The molecule has 1 fully saturated rings. The number of nitrogens with one attached hydrogen (secondary N) is 2. The highest BCUT2D eigenvalue weighted by molar-refractivity contribution is 6.06. The number of para-hydroxylation sites is 1. The molecule has 6 heteroatoms. The molecule has 0 aliphatic heterocycles. The fourth-order valence-corrected chi connectivity index (χ4v) is 4.29. The van der Waals surface area contributed by atoms with Crippen molar-refractivity contribution in [2.45, 2.75) is 85.4 Å². The lowest BCUT2D eigenvalue weighted by atomic mass is 9.86. The first-order valence-electron chi connectivity index (χ1n) is 11.2. The lowest BCUT2D eigenvalue weighted by Gasteiger charge is -2.30. The lowest BCUT2D eigenvalue weighted by Crippen LogP contribution is -2.54. The summed E-state index contributed by atoms with van der Waals surface area (Å²) in [6.07, 6.45) is 6.30. The second-order valence-corrected chi connectivity index (χ2v) is 9.99. The molecule has 3 rings (SSSR count). The number of carbonyl (C=O) groups is 2. The maximum absolute atomic E-state index is 13.2. The highest BCUT2D eigenvalue weighted by Crippen LogP contribution is 2.27. The van der Waals surface area contributed by atoms with E-state index in [9.17, 15) is 9.59 Å². The summed E-state index contributed by atoms with van der Waals surface area (Å²) in [6.45, 7) is 10.5. The SMILES string of the molecule is CC(C)NC(=O)[C@@H](NC(=O)c1nn(CC2CCCCC2)c2ccccc12)C(C)(C)C. The average Bonchev–Trinajstić information content (AvgIpc) is 3.04. The van der Waals surface area contributed by atoms with Gasteiger partial charge >= 0.3 is 0 Å². The van der Waals surface area contributed by atoms with E-state index in [0.717, 1.165) is 17.4 Å². The van der Waals surface area contributed by atoms with Crippen molar-refractivity contribution in [2.24, 2.45) is 11.3 Å². The molecule has 2 aromatic rings. The van der Waals surface area contributed by atoms with Gasteiger partial charge < -0.3 is 10.6 Å². The normalized spacial score (nSPS) is 16.6. The molecule has 1 aromatic carbocycles. The number of benzene rings is 1. The molecule has 0 bridgehead atoms. The van der Waals surface area contributed by atoms with Gasteiger partial charge in [0.2, 0.25) is 5.91 Å². The Morgan fingerprint density at radius 2 is 1.77 bits per heavy atom. The number of nitrogens with zero attached hydrogens (tertiary/aromatic N) is 2. The molecule has 0 spiro atoms. The number of aromatic nitrogens is 2. The molecule has 2 amide bonds. The Kier molecular flexibility index (Phi) is 6.84. The zero-order valence-corrected chi connectivity index (χ0v) is 19.0. The smallest absolute Gasteiger partial charge is 0.273 e. The molecule has 1 aromatic heterocycles. The summed E-state index contributed by atoms with van der Waals surface area (Å²) in [6, 6.07) is 7.24. The maximum atomic E-state index is 13.2. The Balaban J connectivity index is 1.87. The van der Waals surface area contributed by atoms with E-state index in [2.05, 4.69) is 10.6 Å². The molecule has 2 N–H and O–H groups in total. The Labute approximate surface area is 179 Å². The van der Waals surface area contributed by atoms with Crippen molar-refractivity contribution in [3.05, 3.63) is 30.0 Å². The van der Waals surface area contributed by atoms with Crippen LogP contribution in [0.15, 0.2) is 24.3 Å². The van der Waals surface area contributed by atoms with Gasteiger partial charge in [-0.3, -0.25) is 14.3 Å². The molecule has 1 heterocycles. The molecular formula is C24H36N4O2. The summed E-state index contributed by atoms with van der Waals surface area (Å²) in [4.78, 5) is 26.0. The van der Waals surface area contributed by atoms with Crippen LogP contribution >= 0.6 is 0 Å². The zero-order chi connectivity index (χ0) is 21.9. The molecule has 1 aliphatic rings. The van der Waals surface area contributed by atoms with Crippen molar-refractivity contribution in [3.63, 3.8) is 0 Å². The van der Waals surface area contributed by atoms with E-state index in [4.69, 9.17) is 5.10 Å². The second-order valence-electron chi connectivity index (χ2n) is 9.99. The van der Waals surface area contributed by atoms with Gasteiger partial charge in [-0.2, -0.15) is 5.10 Å². The van der Waals surface area contributed by atoms with Crippen molar-refractivity contribution in [1.29, 1.82) is 0 Å². The minimum atomic E-state index is -0.644. The first kappa shape index (κ1) is 22.3. The number of carbonyl (C=O) groups excluding carboxylic acids is 2. The summed E-state index contributed by atoms with van der Waals surface area (Å²) in [5, 5.41) is 11.4. The Morgan fingerprint density at radius 3 is 2.40 bits per heavy atom. The van der Waals surface area contributed by atoms with Gasteiger partial charge in [-0.1, -0.05) is 58.2 Å². The van der Waals surface area contributed by atoms with Crippen LogP contribution in [0.3, 0.4) is 0 Å². The molecule has 0 radical (unpaired) electrons. The fourth-order valence-electron chi connectivity index (χ4n) is 4.29. The predicted molar refractivity (Wildman–Crippen MR) is 120 cm³/mol. The van der Waals surface area contributed by atoms with Gasteiger partial charge in [0, 0.05) is 18.0 Å². The van der Waals surface area contributed by atoms with E-state index in [0.29, 0.717) is 11.6 Å². The van der Waals surface area contributed by atoms with Crippen molar-refractivity contribution >= 4 is 22.7 Å². The van der Waals surface area contributed by atoms with E-state index >= 15 is 0 Å². The molecule has 6 nitrogen and oxygen atoms in total. The van der Waals surface area contributed by atoms with Crippen molar-refractivity contribution in [3.8, 4) is 0 Å². The van der Waals surface area contributed by atoms with Crippen LogP contribution in [0.25, 0.3) is 10.9 Å². The van der Waals surface area contributed by atoms with Crippen LogP contribution in [0, 0.1) is 11.3 Å². The van der Waals surface area contributed by atoms with E-state index in [-0.39, 0.29) is 17.9 Å². The Morgan fingerprint density at radius 1 is 1.10 bits per heavy atom. The van der Waals surface area contributed by atoms with Gasteiger partial charge in [-0.15, -0.1) is 0 Å². The summed E-state index contributed by atoms with van der Waals surface area (Å²) < 4.78 is 1.99. The van der Waals surface area contributed by atoms with Gasteiger partial charge in [-0.05, 0) is 44.1 Å². The summed E-state index contributed by atoms with van der Waals surface area (Å²) >= 11 is 0. The zero-order valence-electron chi connectivity index (χ0n) is 19.0. The van der Waals surface area contributed by atoms with E-state index in [1.165, 1.54) is 32.1 Å². The van der Waals surface area contributed by atoms with Crippen LogP contribution in [-0.4, -0.2) is 33.7 Å². The van der Waals surface area contributed by atoms with Crippen molar-refractivity contribution < 1.29 is 9.59 Å². The second kappa shape index (κ2) is 9.19. The molecule has 0 saturated heterocycles. The third-order valence-electron chi connectivity index (χ3n) is 5.86. The average molecular weight is 413 g/mol. The molecule has 164 valence electrons. The van der Waals surface area contributed by atoms with Gasteiger partial charge in [0.05, 0.1) is 5.52 Å². The topological polar surface area (TPSA) is 76.0 Å². The van der Waals surface area contributed by atoms with Gasteiger partial charge in [0.1, 0.15) is 6.04 Å². The van der Waals surface area contributed by atoms with Crippen LogP contribution in [0.2, 0.25) is 0 Å². The van der Waals surface area contributed by atoms with Crippen molar-refractivity contribution in [2.75, 3.05) is 0 Å². The monoisotopic (exact) mass is 412 g/mol. The van der Waals surface area contributed by atoms with Crippen molar-refractivity contribution in [1.82, 2.24) is 20.4 Å². The molecule has 1 saturated carbocycles. The molecular weight excluding hydrogens is 376 g/mol. The third kappa shape index (κ3) is 5.21. The highest BCUT2D eigenvalue weighted by atomic mass is 16.2. The van der Waals surface area contributed by atoms with E-state index in [1.54, 1.807) is 0 Å². The summed E-state index contributed by atoms with van der Waals surface area (Å²) in [7, 11) is 0. The number of hydrogen-bond acceptors (Lipinski definition) is 3. The first-order chi connectivity index (χ1) is 14.2. The summed E-state index contributed by atoms with van der Waals surface area (Å²) in [5.74, 6) is 0.140. The van der Waals surface area contributed by atoms with Crippen LogP contribution in [0.4, 0.5) is 0 Å². The van der Waals surface area contributed by atoms with Crippen LogP contribution in [0.1, 0.15) is 77.2 Å². The molecule has 1 atom stereocenters. The summed E-state index contributed by atoms with van der Waals surface area (Å²) in [5.41, 5.74) is 0.954. The third-order valence-corrected chi connectivity index (χ3v) is 5.86. The van der Waals surface area contributed by atoms with Crippen LogP contribution in [-0.2, 0) is 11.3 Å². The van der Waals surface area contributed by atoms with Crippen LogP contribution in [0.5, 0.6) is 0 Å². The standard InChI is InChI=1S/C24H36N4O2/c1-16(2)25-23(30)21(24(3,4)5)26-22(29)20-18-13-9-10-14-19(18)28(27-20)15-17-11-7-6-8-12-17/h9-10,13-14,16-17,21H,6-8,11-12,15H2,1-5H3,(H,25,30)(H,26,29)/t21-/m1/s1. The van der Waals surface area contributed by atoms with Gasteiger partial charge in [-0.25, -0.2) is 0 Å². The van der Waals surface area contributed by atoms with E-state index < -0.39 is 11.5 Å². The number of hydrogen-bond donors (Lipinski definition) is 2. The number of fused-ring (bicyclic) bond motifs is 1. The van der Waals surface area contributed by atoms with Gasteiger partial charge in [0.15, 0.2) is 5.69 Å². The number of rotatable bonds is 6. The molecule has 30 heavy (non-hydrogen) atoms. The maximum Gasteiger partial charge on any atom is 0.273 e. The molecule has 0 unspecified atom stereocenters. The molecule has 1 aliphatic carbocycles. The first-order valence-corrected chi connectivity index (χ1v) is 11.2. The Bertz CT molecular complexity index is 888. The minimum Gasteiger partial charge on any atom is -0.352 e.